The van der Waals surface area contributed by atoms with Crippen molar-refractivity contribution >= 4 is 5.91 Å². The van der Waals surface area contributed by atoms with Gasteiger partial charge in [-0.3, -0.25) is 4.79 Å². The van der Waals surface area contributed by atoms with Crippen LogP contribution in [0.15, 0.2) is 10.7 Å². The number of hydrogen-bond donors (Lipinski definition) is 1. The molecule has 0 atom stereocenters. The van der Waals surface area contributed by atoms with Crippen molar-refractivity contribution in [1.29, 1.82) is 0 Å². The number of amides is 1. The summed E-state index contributed by atoms with van der Waals surface area (Å²) in [7, 11) is 0. The van der Waals surface area contributed by atoms with Crippen LogP contribution in [0.4, 0.5) is 0 Å². The first-order valence-corrected chi connectivity index (χ1v) is 9.34. The van der Waals surface area contributed by atoms with Crippen molar-refractivity contribution in [2.24, 2.45) is 0 Å². The lowest BCUT2D eigenvalue weighted by Crippen LogP contribution is -2.29. The number of aromatic nitrogens is 3. The summed E-state index contributed by atoms with van der Waals surface area (Å²) in [6.45, 7) is 8.80. The molecule has 3 rings (SSSR count). The van der Waals surface area contributed by atoms with E-state index in [0.29, 0.717) is 25.3 Å². The van der Waals surface area contributed by atoms with Crippen LogP contribution >= 0.6 is 0 Å². The zero-order chi connectivity index (χ0) is 18.5. The van der Waals surface area contributed by atoms with Crippen molar-refractivity contribution in [3.05, 3.63) is 34.7 Å². The number of nitrogens with one attached hydrogen (secondary N) is 1. The van der Waals surface area contributed by atoms with Gasteiger partial charge in [0.1, 0.15) is 11.6 Å². The predicted molar refractivity (Wildman–Crippen MR) is 97.1 cm³/mol. The van der Waals surface area contributed by atoms with Gasteiger partial charge in [0.2, 0.25) is 5.91 Å². The fraction of sp³-hybridized carbons (Fsp3) is 0.632. The predicted octanol–water partition coefficient (Wildman–Crippen LogP) is 2.44. The van der Waals surface area contributed by atoms with Crippen LogP contribution in [0.3, 0.4) is 0 Å². The number of carbonyl (C=O) groups excluding carboxylic acids is 1. The number of hydrogen-bond acceptors (Lipinski definition) is 5. The highest BCUT2D eigenvalue weighted by Crippen LogP contribution is 2.26. The number of nitrogens with zero attached hydrogens (tertiary/aromatic N) is 3. The van der Waals surface area contributed by atoms with Gasteiger partial charge in [-0.15, -0.1) is 0 Å². The molecule has 1 saturated heterocycles. The first-order chi connectivity index (χ1) is 12.6. The van der Waals surface area contributed by atoms with E-state index in [2.05, 4.69) is 26.9 Å². The third kappa shape index (κ3) is 4.33. The summed E-state index contributed by atoms with van der Waals surface area (Å²) in [5.74, 6) is 2.42. The fourth-order valence-corrected chi connectivity index (χ4v) is 3.54. The minimum Gasteiger partial charge on any atom is -0.381 e. The minimum atomic E-state index is 0.0513. The monoisotopic (exact) mass is 360 g/mol. The van der Waals surface area contributed by atoms with Gasteiger partial charge in [-0.2, -0.15) is 0 Å². The second-order valence-corrected chi connectivity index (χ2v) is 6.95. The van der Waals surface area contributed by atoms with E-state index in [1.54, 1.807) is 0 Å². The molecule has 0 aromatic carbocycles. The summed E-state index contributed by atoms with van der Waals surface area (Å²) in [6, 6.07) is 0. The van der Waals surface area contributed by atoms with Crippen LogP contribution in [0.2, 0.25) is 0 Å². The van der Waals surface area contributed by atoms with E-state index in [1.165, 1.54) is 0 Å². The van der Waals surface area contributed by atoms with E-state index in [0.717, 1.165) is 61.1 Å². The fourth-order valence-electron chi connectivity index (χ4n) is 3.54. The van der Waals surface area contributed by atoms with Crippen LogP contribution in [0.25, 0.3) is 0 Å². The molecule has 0 spiro atoms. The third-order valence-electron chi connectivity index (χ3n) is 5.11. The molecular weight excluding hydrogens is 332 g/mol. The van der Waals surface area contributed by atoms with Gasteiger partial charge in [-0.05, 0) is 40.0 Å². The molecule has 0 aliphatic carbocycles. The van der Waals surface area contributed by atoms with E-state index in [4.69, 9.17) is 9.26 Å². The average molecular weight is 360 g/mol. The maximum absolute atomic E-state index is 12.2. The number of aryl methyl sites for hydroxylation is 3. The highest BCUT2D eigenvalue weighted by Gasteiger charge is 2.21. The summed E-state index contributed by atoms with van der Waals surface area (Å²) in [6.07, 6.45) is 5.05. The van der Waals surface area contributed by atoms with Crippen molar-refractivity contribution in [1.82, 2.24) is 20.0 Å². The summed E-state index contributed by atoms with van der Waals surface area (Å²) in [5.41, 5.74) is 3.04. The Kier molecular flexibility index (Phi) is 6.08. The summed E-state index contributed by atoms with van der Waals surface area (Å²) in [5, 5.41) is 6.94. The molecule has 2 aromatic rings. The molecule has 142 valence electrons. The van der Waals surface area contributed by atoms with Gasteiger partial charge < -0.3 is 19.1 Å². The van der Waals surface area contributed by atoms with Gasteiger partial charge in [0.05, 0.1) is 5.69 Å². The van der Waals surface area contributed by atoms with Gasteiger partial charge >= 0.3 is 0 Å². The zero-order valence-electron chi connectivity index (χ0n) is 15.9. The van der Waals surface area contributed by atoms with Crippen LogP contribution in [0.1, 0.15) is 53.7 Å². The maximum atomic E-state index is 12.2. The molecule has 1 aliphatic heterocycles. The van der Waals surface area contributed by atoms with Gasteiger partial charge in [0, 0.05) is 56.1 Å². The number of carbonyl (C=O) groups is 1. The zero-order valence-corrected chi connectivity index (χ0v) is 15.9. The van der Waals surface area contributed by atoms with Crippen LogP contribution < -0.4 is 5.32 Å². The molecule has 7 nitrogen and oxygen atoms in total. The molecule has 1 amide bonds. The second kappa shape index (κ2) is 8.49. The van der Waals surface area contributed by atoms with Crippen molar-refractivity contribution in [2.75, 3.05) is 19.8 Å². The Morgan fingerprint density at radius 3 is 2.77 bits per heavy atom. The molecule has 26 heavy (non-hydrogen) atoms. The standard InChI is InChI=1S/C19H28N4O3/c1-13-12-21-19(16-6-10-25-11-7-16)23(13)9-8-20-18(24)5-4-17-14(2)22-26-15(17)3/h12,16H,4-11H2,1-3H3,(H,20,24). The first kappa shape index (κ1) is 18.6. The van der Waals surface area contributed by atoms with Crippen LogP contribution in [0.5, 0.6) is 0 Å². The molecule has 0 bridgehead atoms. The normalized spacial score (nSPS) is 15.3. The highest BCUT2D eigenvalue weighted by atomic mass is 16.5. The van der Waals surface area contributed by atoms with E-state index < -0.39 is 0 Å². The molecule has 7 heteroatoms. The summed E-state index contributed by atoms with van der Waals surface area (Å²) in [4.78, 5) is 16.8. The summed E-state index contributed by atoms with van der Waals surface area (Å²) >= 11 is 0. The van der Waals surface area contributed by atoms with Crippen LogP contribution in [0, 0.1) is 20.8 Å². The molecular formula is C19H28N4O3. The number of imidazole rings is 1. The van der Waals surface area contributed by atoms with Gasteiger partial charge in [0.25, 0.3) is 0 Å². The Labute approximate surface area is 154 Å². The van der Waals surface area contributed by atoms with Gasteiger partial charge in [0.15, 0.2) is 0 Å². The van der Waals surface area contributed by atoms with E-state index in [-0.39, 0.29) is 5.91 Å². The summed E-state index contributed by atoms with van der Waals surface area (Å²) < 4.78 is 12.8. The highest BCUT2D eigenvalue weighted by molar-refractivity contribution is 5.76. The molecule has 1 fully saturated rings. The van der Waals surface area contributed by atoms with E-state index in [9.17, 15) is 4.79 Å². The number of rotatable bonds is 7. The average Bonchev–Trinajstić information content (AvgIpc) is 3.16. The Morgan fingerprint density at radius 1 is 1.31 bits per heavy atom. The molecule has 1 N–H and O–H groups in total. The first-order valence-electron chi connectivity index (χ1n) is 9.34. The topological polar surface area (TPSA) is 82.2 Å². The Hall–Kier alpha value is -2.15. The third-order valence-corrected chi connectivity index (χ3v) is 5.11. The lowest BCUT2D eigenvalue weighted by atomic mass is 9.99. The van der Waals surface area contributed by atoms with Crippen molar-refractivity contribution < 1.29 is 14.1 Å². The lowest BCUT2D eigenvalue weighted by Gasteiger charge is -2.23. The van der Waals surface area contributed by atoms with Gasteiger partial charge in [-0.25, -0.2) is 4.98 Å². The smallest absolute Gasteiger partial charge is 0.220 e. The molecule has 0 radical (unpaired) electrons. The molecule has 3 heterocycles. The van der Waals surface area contributed by atoms with Crippen LogP contribution in [-0.2, 0) is 22.5 Å². The van der Waals surface area contributed by atoms with Crippen molar-refractivity contribution in [2.45, 2.75) is 58.9 Å². The van der Waals surface area contributed by atoms with Gasteiger partial charge in [-0.1, -0.05) is 5.16 Å². The number of ether oxygens (including phenoxy) is 1. The van der Waals surface area contributed by atoms with E-state index in [1.807, 2.05) is 20.0 Å². The Balaban J connectivity index is 1.48. The molecule has 0 unspecified atom stereocenters. The van der Waals surface area contributed by atoms with Crippen molar-refractivity contribution in [3.63, 3.8) is 0 Å². The molecule has 2 aromatic heterocycles. The van der Waals surface area contributed by atoms with Crippen molar-refractivity contribution in [3.8, 4) is 0 Å². The Morgan fingerprint density at radius 2 is 2.08 bits per heavy atom. The molecule has 0 saturated carbocycles. The Bertz CT molecular complexity index is 725. The second-order valence-electron chi connectivity index (χ2n) is 6.95. The minimum absolute atomic E-state index is 0.0513. The lowest BCUT2D eigenvalue weighted by molar-refractivity contribution is -0.121. The largest absolute Gasteiger partial charge is 0.381 e. The molecule has 1 aliphatic rings. The quantitative estimate of drug-likeness (QED) is 0.820. The SMILES string of the molecule is Cc1noc(C)c1CCC(=O)NCCn1c(C)cnc1C1CCOCC1. The van der Waals surface area contributed by atoms with E-state index >= 15 is 0 Å². The van der Waals surface area contributed by atoms with Crippen LogP contribution in [-0.4, -0.2) is 40.4 Å². The maximum Gasteiger partial charge on any atom is 0.220 e.